The van der Waals surface area contributed by atoms with Crippen LogP contribution < -0.4 is 5.32 Å². The van der Waals surface area contributed by atoms with Crippen molar-refractivity contribution in [2.45, 2.75) is 20.8 Å². The first-order chi connectivity index (χ1) is 8.94. The fourth-order valence-corrected chi connectivity index (χ4v) is 2.26. The molecule has 1 N–H and O–H groups in total. The molecule has 98 valence electrons. The summed E-state index contributed by atoms with van der Waals surface area (Å²) in [6.07, 6.45) is 0. The van der Waals surface area contributed by atoms with Gasteiger partial charge in [-0.25, -0.2) is 4.98 Å². The van der Waals surface area contributed by atoms with E-state index in [2.05, 4.69) is 16.4 Å². The smallest absolute Gasteiger partial charge is 0.255 e. The zero-order valence-corrected chi connectivity index (χ0v) is 11.9. The summed E-state index contributed by atoms with van der Waals surface area (Å²) < 4.78 is 0. The molecule has 1 aromatic heterocycles. The van der Waals surface area contributed by atoms with Gasteiger partial charge in [0, 0.05) is 16.9 Å². The van der Waals surface area contributed by atoms with E-state index in [0.717, 1.165) is 22.5 Å². The molecule has 2 rings (SSSR count). The molecule has 1 heterocycles. The molecule has 0 aliphatic heterocycles. The van der Waals surface area contributed by atoms with Crippen molar-refractivity contribution in [2.24, 2.45) is 0 Å². The van der Waals surface area contributed by atoms with Gasteiger partial charge in [-0.2, -0.15) is 0 Å². The van der Waals surface area contributed by atoms with E-state index in [1.54, 1.807) is 19.1 Å². The molecule has 0 saturated carbocycles. The first kappa shape index (κ1) is 13.6. The number of anilines is 1. The lowest BCUT2D eigenvalue weighted by molar-refractivity contribution is 0.102. The zero-order valence-electron chi connectivity index (χ0n) is 11.1. The summed E-state index contributed by atoms with van der Waals surface area (Å²) in [4.78, 5) is 16.2. The van der Waals surface area contributed by atoms with E-state index in [-0.39, 0.29) is 5.91 Å². The molecule has 0 atom stereocenters. The lowest BCUT2D eigenvalue weighted by Gasteiger charge is -2.08. The second-order valence-corrected chi connectivity index (χ2v) is 5.04. The number of amides is 1. The topological polar surface area (TPSA) is 42.0 Å². The lowest BCUT2D eigenvalue weighted by Crippen LogP contribution is -2.12. The van der Waals surface area contributed by atoms with Crippen molar-refractivity contribution in [3.8, 4) is 0 Å². The molecule has 1 amide bonds. The van der Waals surface area contributed by atoms with E-state index in [9.17, 15) is 4.79 Å². The van der Waals surface area contributed by atoms with Gasteiger partial charge in [0.15, 0.2) is 0 Å². The average Bonchev–Trinajstić information content (AvgIpc) is 2.25. The third-order valence-corrected chi connectivity index (χ3v) is 2.86. The molecular weight excluding hydrogens is 260 g/mol. The predicted octanol–water partition coefficient (Wildman–Crippen LogP) is 3.91. The first-order valence-corrected chi connectivity index (χ1v) is 6.36. The molecule has 4 heteroatoms. The average molecular weight is 275 g/mol. The Morgan fingerprint density at radius 2 is 1.68 bits per heavy atom. The number of pyridine rings is 1. The second kappa shape index (κ2) is 5.41. The van der Waals surface area contributed by atoms with Crippen LogP contribution in [0.5, 0.6) is 0 Å². The van der Waals surface area contributed by atoms with Crippen LogP contribution in [-0.2, 0) is 0 Å². The fourth-order valence-electron chi connectivity index (χ4n) is 2.01. The van der Waals surface area contributed by atoms with Crippen molar-refractivity contribution in [3.63, 3.8) is 0 Å². The maximum atomic E-state index is 12.1. The summed E-state index contributed by atoms with van der Waals surface area (Å²) in [6, 6.07) is 9.20. The molecule has 0 radical (unpaired) electrons. The van der Waals surface area contributed by atoms with Gasteiger partial charge >= 0.3 is 0 Å². The molecule has 2 aromatic rings. The molecule has 1 aromatic carbocycles. The molecule has 0 aliphatic carbocycles. The van der Waals surface area contributed by atoms with E-state index in [1.165, 1.54) is 0 Å². The quantitative estimate of drug-likeness (QED) is 0.844. The summed E-state index contributed by atoms with van der Waals surface area (Å²) >= 11 is 5.86. The van der Waals surface area contributed by atoms with Crippen LogP contribution in [0.4, 0.5) is 5.69 Å². The lowest BCUT2D eigenvalue weighted by atomic mass is 10.1. The van der Waals surface area contributed by atoms with Crippen molar-refractivity contribution in [2.75, 3.05) is 5.32 Å². The van der Waals surface area contributed by atoms with Gasteiger partial charge in [-0.05, 0) is 56.2 Å². The Labute approximate surface area is 117 Å². The number of carbonyl (C=O) groups excluding carboxylic acids is 1. The second-order valence-electron chi connectivity index (χ2n) is 4.65. The number of nitrogens with one attached hydrogen (secondary N) is 1. The molecule has 0 fully saturated rings. The van der Waals surface area contributed by atoms with Crippen LogP contribution in [0.3, 0.4) is 0 Å². The maximum Gasteiger partial charge on any atom is 0.255 e. The molecule has 0 saturated heterocycles. The standard InChI is InChI=1S/C15H15ClN2O/c1-9-4-10(2)6-13(5-9)18-15(19)12-7-11(3)17-14(16)8-12/h4-8H,1-3H3,(H,18,19). The highest BCUT2D eigenvalue weighted by Gasteiger charge is 2.08. The molecule has 3 nitrogen and oxygen atoms in total. The molecular formula is C15H15ClN2O. The van der Waals surface area contributed by atoms with Crippen LogP contribution in [0.2, 0.25) is 5.15 Å². The normalized spacial score (nSPS) is 10.3. The number of rotatable bonds is 2. The molecule has 19 heavy (non-hydrogen) atoms. The number of hydrogen-bond donors (Lipinski definition) is 1. The Bertz CT molecular complexity index is 598. The minimum atomic E-state index is -0.183. The maximum absolute atomic E-state index is 12.1. The highest BCUT2D eigenvalue weighted by atomic mass is 35.5. The van der Waals surface area contributed by atoms with Crippen LogP contribution in [0, 0.1) is 20.8 Å². The predicted molar refractivity (Wildman–Crippen MR) is 77.9 cm³/mol. The molecule has 0 bridgehead atoms. The van der Waals surface area contributed by atoms with E-state index >= 15 is 0 Å². The van der Waals surface area contributed by atoms with E-state index in [1.807, 2.05) is 26.0 Å². The largest absolute Gasteiger partial charge is 0.322 e. The van der Waals surface area contributed by atoms with Crippen LogP contribution in [0.1, 0.15) is 27.2 Å². The van der Waals surface area contributed by atoms with Crippen molar-refractivity contribution in [1.82, 2.24) is 4.98 Å². The van der Waals surface area contributed by atoms with Gasteiger partial charge in [-0.3, -0.25) is 4.79 Å². The molecule has 0 unspecified atom stereocenters. The Morgan fingerprint density at radius 1 is 1.05 bits per heavy atom. The number of halogens is 1. The van der Waals surface area contributed by atoms with E-state index in [4.69, 9.17) is 11.6 Å². The van der Waals surface area contributed by atoms with Gasteiger partial charge in [0.2, 0.25) is 0 Å². The number of aryl methyl sites for hydroxylation is 3. The van der Waals surface area contributed by atoms with Gasteiger partial charge < -0.3 is 5.32 Å². The Hall–Kier alpha value is -1.87. The highest BCUT2D eigenvalue weighted by Crippen LogP contribution is 2.16. The van der Waals surface area contributed by atoms with Gasteiger partial charge in [0.25, 0.3) is 5.91 Å². The highest BCUT2D eigenvalue weighted by molar-refractivity contribution is 6.29. The number of nitrogens with zero attached hydrogens (tertiary/aromatic N) is 1. The number of hydrogen-bond acceptors (Lipinski definition) is 2. The zero-order chi connectivity index (χ0) is 14.0. The summed E-state index contributed by atoms with van der Waals surface area (Å²) in [5.41, 5.74) is 4.24. The summed E-state index contributed by atoms with van der Waals surface area (Å²) in [5.74, 6) is -0.183. The first-order valence-electron chi connectivity index (χ1n) is 5.98. The monoisotopic (exact) mass is 274 g/mol. The third kappa shape index (κ3) is 3.55. The fraction of sp³-hybridized carbons (Fsp3) is 0.200. The Morgan fingerprint density at radius 3 is 2.26 bits per heavy atom. The van der Waals surface area contributed by atoms with Gasteiger partial charge in [0.1, 0.15) is 5.15 Å². The van der Waals surface area contributed by atoms with Crippen LogP contribution in [-0.4, -0.2) is 10.9 Å². The number of benzene rings is 1. The van der Waals surface area contributed by atoms with Crippen molar-refractivity contribution in [3.05, 3.63) is 57.9 Å². The third-order valence-electron chi connectivity index (χ3n) is 2.66. The number of carbonyl (C=O) groups is 1. The summed E-state index contributed by atoms with van der Waals surface area (Å²) in [7, 11) is 0. The van der Waals surface area contributed by atoms with Crippen LogP contribution >= 0.6 is 11.6 Å². The Balaban J connectivity index is 2.25. The van der Waals surface area contributed by atoms with Crippen molar-refractivity contribution >= 4 is 23.2 Å². The SMILES string of the molecule is Cc1cc(C)cc(NC(=O)c2cc(C)nc(Cl)c2)c1. The van der Waals surface area contributed by atoms with Gasteiger partial charge in [-0.15, -0.1) is 0 Å². The van der Waals surface area contributed by atoms with Crippen LogP contribution in [0.25, 0.3) is 0 Å². The molecule has 0 spiro atoms. The Kier molecular flexibility index (Phi) is 3.86. The van der Waals surface area contributed by atoms with Crippen LogP contribution in [0.15, 0.2) is 30.3 Å². The molecule has 0 aliphatic rings. The van der Waals surface area contributed by atoms with Crippen molar-refractivity contribution in [1.29, 1.82) is 0 Å². The summed E-state index contributed by atoms with van der Waals surface area (Å²) in [6.45, 7) is 5.80. The van der Waals surface area contributed by atoms with Gasteiger partial charge in [0.05, 0.1) is 0 Å². The number of aromatic nitrogens is 1. The summed E-state index contributed by atoms with van der Waals surface area (Å²) in [5, 5.41) is 3.19. The minimum absolute atomic E-state index is 0.183. The minimum Gasteiger partial charge on any atom is -0.322 e. The van der Waals surface area contributed by atoms with Gasteiger partial charge in [-0.1, -0.05) is 17.7 Å². The van der Waals surface area contributed by atoms with E-state index in [0.29, 0.717) is 10.7 Å². The van der Waals surface area contributed by atoms with Crippen molar-refractivity contribution < 1.29 is 4.79 Å². The van der Waals surface area contributed by atoms with E-state index < -0.39 is 0 Å².